The van der Waals surface area contributed by atoms with Crippen LogP contribution in [0.1, 0.15) is 10.4 Å². The Hall–Kier alpha value is -2.21. The van der Waals surface area contributed by atoms with Crippen LogP contribution in [-0.2, 0) is 6.54 Å². The van der Waals surface area contributed by atoms with Crippen LogP contribution in [0.25, 0.3) is 21.6 Å². The van der Waals surface area contributed by atoms with Crippen LogP contribution in [0.2, 0.25) is 10.0 Å². The van der Waals surface area contributed by atoms with Crippen LogP contribution in [0, 0.1) is 6.92 Å². The quantitative estimate of drug-likeness (QED) is 0.457. The number of hydrogen-bond donors (Lipinski definition) is 1. The van der Waals surface area contributed by atoms with Crippen molar-refractivity contribution in [3.8, 4) is 11.4 Å². The summed E-state index contributed by atoms with van der Waals surface area (Å²) < 4.78 is 0. The zero-order valence-electron chi connectivity index (χ0n) is 13.8. The second-order valence-corrected chi connectivity index (χ2v) is 7.86. The molecule has 4 aromatic rings. The summed E-state index contributed by atoms with van der Waals surface area (Å²) in [6, 6.07) is 11.5. The molecule has 0 unspecified atom stereocenters. The molecular weight excluding hydrogens is 387 g/mol. The molecule has 3 heterocycles. The summed E-state index contributed by atoms with van der Waals surface area (Å²) >= 11 is 13.8. The first-order chi connectivity index (χ1) is 12.6. The average Bonchev–Trinajstić information content (AvgIpc) is 3.03. The molecule has 0 aliphatic carbocycles. The topological polar surface area (TPSA) is 50.7 Å². The van der Waals surface area contributed by atoms with Gasteiger partial charge in [-0.1, -0.05) is 29.3 Å². The fourth-order valence-electron chi connectivity index (χ4n) is 2.64. The monoisotopic (exact) mass is 400 g/mol. The number of anilines is 1. The number of thiophene rings is 1. The van der Waals surface area contributed by atoms with Crippen molar-refractivity contribution < 1.29 is 0 Å². The van der Waals surface area contributed by atoms with Crippen LogP contribution < -0.4 is 5.32 Å². The van der Waals surface area contributed by atoms with Gasteiger partial charge in [0, 0.05) is 29.4 Å². The maximum Gasteiger partial charge on any atom is 0.163 e. The van der Waals surface area contributed by atoms with E-state index >= 15 is 0 Å². The van der Waals surface area contributed by atoms with Gasteiger partial charge in [0.05, 0.1) is 15.4 Å². The number of pyridine rings is 1. The Morgan fingerprint density at radius 2 is 1.81 bits per heavy atom. The van der Waals surface area contributed by atoms with Crippen molar-refractivity contribution in [1.29, 1.82) is 0 Å². The van der Waals surface area contributed by atoms with Crippen molar-refractivity contribution in [3.05, 3.63) is 69.3 Å². The minimum atomic E-state index is 0.544. The molecule has 1 aromatic carbocycles. The largest absolute Gasteiger partial charge is 0.365 e. The van der Waals surface area contributed by atoms with Gasteiger partial charge in [0.25, 0.3) is 0 Å². The average molecular weight is 401 g/mol. The summed E-state index contributed by atoms with van der Waals surface area (Å²) in [7, 11) is 0. The molecule has 0 aliphatic heterocycles. The summed E-state index contributed by atoms with van der Waals surface area (Å²) in [5.41, 5.74) is 1.97. The minimum absolute atomic E-state index is 0.544. The van der Waals surface area contributed by atoms with E-state index in [-0.39, 0.29) is 0 Å². The first-order valence-electron chi connectivity index (χ1n) is 7.96. The molecule has 7 heteroatoms. The lowest BCUT2D eigenvalue weighted by Gasteiger charge is -2.10. The first-order valence-corrected chi connectivity index (χ1v) is 9.54. The molecule has 0 atom stereocenters. The molecule has 4 rings (SSSR count). The number of benzene rings is 1. The molecule has 1 N–H and O–H groups in total. The fraction of sp³-hybridized carbons (Fsp3) is 0.105. The van der Waals surface area contributed by atoms with Crippen molar-refractivity contribution in [2.45, 2.75) is 13.5 Å². The number of nitrogens with one attached hydrogen (secondary N) is 1. The Morgan fingerprint density at radius 3 is 2.58 bits per heavy atom. The van der Waals surface area contributed by atoms with Gasteiger partial charge in [-0.15, -0.1) is 11.3 Å². The van der Waals surface area contributed by atoms with E-state index in [0.717, 1.165) is 27.2 Å². The van der Waals surface area contributed by atoms with Crippen LogP contribution in [-0.4, -0.2) is 15.0 Å². The lowest BCUT2D eigenvalue weighted by Crippen LogP contribution is -2.03. The normalized spacial score (nSPS) is 11.0. The molecule has 0 saturated carbocycles. The molecule has 0 bridgehead atoms. The first kappa shape index (κ1) is 17.2. The highest BCUT2D eigenvalue weighted by Crippen LogP contribution is 2.31. The third-order valence-corrected chi connectivity index (χ3v) is 5.58. The molecule has 0 aliphatic rings. The van der Waals surface area contributed by atoms with E-state index in [1.165, 1.54) is 4.88 Å². The van der Waals surface area contributed by atoms with Crippen molar-refractivity contribution in [2.24, 2.45) is 0 Å². The summed E-state index contributed by atoms with van der Waals surface area (Å²) in [4.78, 5) is 15.7. The molecule has 3 aromatic heterocycles. The molecule has 0 spiro atoms. The maximum absolute atomic E-state index is 6.11. The number of fused-ring (bicyclic) bond motifs is 1. The van der Waals surface area contributed by atoms with E-state index < -0.39 is 0 Å². The third kappa shape index (κ3) is 3.51. The van der Waals surface area contributed by atoms with E-state index in [9.17, 15) is 0 Å². The van der Waals surface area contributed by atoms with Gasteiger partial charge in [-0.2, -0.15) is 0 Å². The zero-order valence-corrected chi connectivity index (χ0v) is 16.2. The molecule has 26 heavy (non-hydrogen) atoms. The Balaban J connectivity index is 1.71. The van der Waals surface area contributed by atoms with E-state index in [4.69, 9.17) is 33.2 Å². The predicted octanol–water partition coefficient (Wildman–Crippen LogP) is 5.98. The second-order valence-electron chi connectivity index (χ2n) is 5.81. The van der Waals surface area contributed by atoms with Gasteiger partial charge in [0.2, 0.25) is 0 Å². The molecule has 0 radical (unpaired) electrons. The molecule has 0 saturated heterocycles. The fourth-order valence-corrected chi connectivity index (χ4v) is 3.84. The van der Waals surface area contributed by atoms with Gasteiger partial charge in [-0.3, -0.25) is 4.98 Å². The standard InChI is InChI=1S/C19H14Cl2N4S/c1-11-8-14-18(23-10-12-2-3-15(20)16(21)9-12)24-17(25-19(14)26-11)13-4-6-22-7-5-13/h2-9H,10H2,1H3,(H,23,24,25). The van der Waals surface area contributed by atoms with Crippen molar-refractivity contribution in [3.63, 3.8) is 0 Å². The number of aromatic nitrogens is 3. The highest BCUT2D eigenvalue weighted by molar-refractivity contribution is 7.18. The number of hydrogen-bond acceptors (Lipinski definition) is 5. The number of nitrogens with zero attached hydrogens (tertiary/aromatic N) is 3. The van der Waals surface area contributed by atoms with Gasteiger partial charge in [-0.05, 0) is 42.8 Å². The molecule has 4 nitrogen and oxygen atoms in total. The van der Waals surface area contributed by atoms with Crippen LogP contribution in [0.4, 0.5) is 5.82 Å². The number of rotatable bonds is 4. The Bertz CT molecular complexity index is 1080. The van der Waals surface area contributed by atoms with Crippen LogP contribution in [0.3, 0.4) is 0 Å². The predicted molar refractivity (Wildman–Crippen MR) is 109 cm³/mol. The zero-order chi connectivity index (χ0) is 18.1. The minimum Gasteiger partial charge on any atom is -0.365 e. The molecule has 130 valence electrons. The molecule has 0 amide bonds. The van der Waals surface area contributed by atoms with E-state index in [0.29, 0.717) is 22.4 Å². The van der Waals surface area contributed by atoms with Crippen molar-refractivity contribution in [2.75, 3.05) is 5.32 Å². The lowest BCUT2D eigenvalue weighted by molar-refractivity contribution is 1.11. The van der Waals surface area contributed by atoms with E-state index in [1.54, 1.807) is 29.8 Å². The second kappa shape index (κ2) is 7.19. The number of aryl methyl sites for hydroxylation is 1. The van der Waals surface area contributed by atoms with Gasteiger partial charge >= 0.3 is 0 Å². The van der Waals surface area contributed by atoms with Gasteiger partial charge in [0.1, 0.15) is 10.6 Å². The molecule has 0 fully saturated rings. The summed E-state index contributed by atoms with van der Waals surface area (Å²) in [6.07, 6.45) is 3.48. The molecular formula is C19H14Cl2N4S. The van der Waals surface area contributed by atoms with Gasteiger partial charge < -0.3 is 5.32 Å². The van der Waals surface area contributed by atoms with Crippen molar-refractivity contribution in [1.82, 2.24) is 15.0 Å². The van der Waals surface area contributed by atoms with Crippen LogP contribution in [0.5, 0.6) is 0 Å². The third-order valence-electron chi connectivity index (χ3n) is 3.90. The van der Waals surface area contributed by atoms with Crippen molar-refractivity contribution >= 4 is 50.6 Å². The van der Waals surface area contributed by atoms with Gasteiger partial charge in [0.15, 0.2) is 5.82 Å². The van der Waals surface area contributed by atoms with Gasteiger partial charge in [-0.25, -0.2) is 9.97 Å². The van der Waals surface area contributed by atoms with E-state index in [1.807, 2.05) is 24.3 Å². The lowest BCUT2D eigenvalue weighted by atomic mass is 10.2. The maximum atomic E-state index is 6.11. The summed E-state index contributed by atoms with van der Waals surface area (Å²) in [5, 5.41) is 5.52. The highest BCUT2D eigenvalue weighted by Gasteiger charge is 2.12. The Kier molecular flexibility index (Phi) is 4.76. The number of halogens is 2. The highest BCUT2D eigenvalue weighted by atomic mass is 35.5. The summed E-state index contributed by atoms with van der Waals surface area (Å²) in [6.45, 7) is 2.66. The Labute approximate surface area is 164 Å². The van der Waals surface area contributed by atoms with Crippen LogP contribution in [0.15, 0.2) is 48.8 Å². The SMILES string of the molecule is Cc1cc2c(NCc3ccc(Cl)c(Cl)c3)nc(-c3ccncc3)nc2s1. The Morgan fingerprint density at radius 1 is 1.00 bits per heavy atom. The smallest absolute Gasteiger partial charge is 0.163 e. The summed E-state index contributed by atoms with van der Waals surface area (Å²) in [5.74, 6) is 1.48. The van der Waals surface area contributed by atoms with Crippen LogP contribution >= 0.6 is 34.5 Å². The van der Waals surface area contributed by atoms with E-state index in [2.05, 4.69) is 23.3 Å².